The predicted octanol–water partition coefficient (Wildman–Crippen LogP) is 3.31. The van der Waals surface area contributed by atoms with Crippen LogP contribution in [0.4, 0.5) is 4.39 Å². The fourth-order valence-electron chi connectivity index (χ4n) is 3.77. The van der Waals surface area contributed by atoms with Gasteiger partial charge in [0.1, 0.15) is 5.82 Å². The topological polar surface area (TPSA) is 27.8 Å². The molecule has 1 aromatic carbocycles. The smallest absolute Gasteiger partial charge is 0.125 e. The first kappa shape index (κ1) is 10.6. The van der Waals surface area contributed by atoms with Crippen LogP contribution in [0.25, 0.3) is 10.9 Å². The van der Waals surface area contributed by atoms with Gasteiger partial charge in [0.05, 0.1) is 0 Å². The van der Waals surface area contributed by atoms with Crippen molar-refractivity contribution in [3.05, 3.63) is 35.8 Å². The first-order chi connectivity index (χ1) is 8.79. The third-order valence-electron chi connectivity index (χ3n) is 4.59. The van der Waals surface area contributed by atoms with E-state index in [-0.39, 0.29) is 5.82 Å². The molecule has 2 saturated heterocycles. The van der Waals surface area contributed by atoms with Crippen LogP contribution >= 0.6 is 0 Å². The van der Waals surface area contributed by atoms with Crippen molar-refractivity contribution in [1.29, 1.82) is 0 Å². The van der Waals surface area contributed by atoms with Gasteiger partial charge in [-0.25, -0.2) is 4.39 Å². The van der Waals surface area contributed by atoms with Crippen molar-refractivity contribution in [3.63, 3.8) is 0 Å². The maximum absolute atomic E-state index is 13.2. The summed E-state index contributed by atoms with van der Waals surface area (Å²) < 4.78 is 13.2. The quantitative estimate of drug-likeness (QED) is 0.791. The fourth-order valence-corrected chi connectivity index (χ4v) is 3.77. The van der Waals surface area contributed by atoms with Crippen molar-refractivity contribution in [1.82, 2.24) is 10.3 Å². The second-order valence-corrected chi connectivity index (χ2v) is 5.74. The molecule has 2 nitrogen and oxygen atoms in total. The summed E-state index contributed by atoms with van der Waals surface area (Å²) in [4.78, 5) is 3.22. The van der Waals surface area contributed by atoms with Gasteiger partial charge in [-0.05, 0) is 55.4 Å². The van der Waals surface area contributed by atoms with Crippen LogP contribution in [0.3, 0.4) is 0 Å². The molecule has 2 bridgehead atoms. The Labute approximate surface area is 106 Å². The van der Waals surface area contributed by atoms with E-state index in [1.165, 1.54) is 36.6 Å². The molecule has 0 spiro atoms. The van der Waals surface area contributed by atoms with Gasteiger partial charge in [0, 0.05) is 29.2 Å². The van der Waals surface area contributed by atoms with E-state index in [4.69, 9.17) is 0 Å². The van der Waals surface area contributed by atoms with E-state index in [0.717, 1.165) is 5.52 Å². The number of aromatic amines is 1. The highest BCUT2D eigenvalue weighted by Crippen LogP contribution is 2.39. The maximum Gasteiger partial charge on any atom is 0.125 e. The van der Waals surface area contributed by atoms with E-state index < -0.39 is 0 Å². The molecule has 0 aliphatic carbocycles. The summed E-state index contributed by atoms with van der Waals surface area (Å²) in [6, 6.07) is 6.46. The maximum atomic E-state index is 13.2. The van der Waals surface area contributed by atoms with Gasteiger partial charge in [0.2, 0.25) is 0 Å². The molecule has 0 saturated carbocycles. The lowest BCUT2D eigenvalue weighted by atomic mass is 9.86. The third kappa shape index (κ3) is 1.57. The number of hydrogen-bond donors (Lipinski definition) is 2. The molecular weight excluding hydrogens is 227 g/mol. The van der Waals surface area contributed by atoms with Gasteiger partial charge in [0.25, 0.3) is 0 Å². The number of aromatic nitrogens is 1. The second kappa shape index (κ2) is 3.82. The minimum absolute atomic E-state index is 0.165. The van der Waals surface area contributed by atoms with Crippen molar-refractivity contribution in [2.75, 3.05) is 0 Å². The molecule has 0 amide bonds. The number of H-pyrrole nitrogens is 1. The molecule has 3 heteroatoms. The van der Waals surface area contributed by atoms with Gasteiger partial charge in [0.15, 0.2) is 0 Å². The van der Waals surface area contributed by atoms with E-state index in [9.17, 15) is 4.39 Å². The standard InChI is InChI=1S/C15H17FN2/c16-10-1-4-13-14(8-17-15(13)7-10)9-5-11-2-3-12(6-9)18-11/h1,4,7-9,11-12,17-18H,2-3,5-6H2. The monoisotopic (exact) mass is 244 g/mol. The Morgan fingerprint density at radius 2 is 1.89 bits per heavy atom. The van der Waals surface area contributed by atoms with Crippen LogP contribution in [0.15, 0.2) is 24.4 Å². The van der Waals surface area contributed by atoms with Gasteiger partial charge in [-0.2, -0.15) is 0 Å². The summed E-state index contributed by atoms with van der Waals surface area (Å²) >= 11 is 0. The zero-order chi connectivity index (χ0) is 12.1. The molecule has 2 aliphatic rings. The Morgan fingerprint density at radius 3 is 2.67 bits per heavy atom. The van der Waals surface area contributed by atoms with Crippen molar-refractivity contribution < 1.29 is 4.39 Å². The Balaban J connectivity index is 1.74. The predicted molar refractivity (Wildman–Crippen MR) is 70.2 cm³/mol. The lowest BCUT2D eigenvalue weighted by Crippen LogP contribution is -2.37. The number of nitrogens with one attached hydrogen (secondary N) is 2. The minimum Gasteiger partial charge on any atom is -0.361 e. The van der Waals surface area contributed by atoms with Crippen molar-refractivity contribution in [2.45, 2.75) is 43.7 Å². The summed E-state index contributed by atoms with van der Waals surface area (Å²) in [7, 11) is 0. The zero-order valence-corrected chi connectivity index (χ0v) is 10.2. The molecule has 18 heavy (non-hydrogen) atoms. The van der Waals surface area contributed by atoms with Crippen molar-refractivity contribution in [3.8, 4) is 0 Å². The summed E-state index contributed by atoms with van der Waals surface area (Å²) in [5, 5.41) is 4.87. The van der Waals surface area contributed by atoms with Crippen LogP contribution in [0.2, 0.25) is 0 Å². The molecule has 2 aromatic rings. The number of halogens is 1. The Morgan fingerprint density at radius 1 is 1.11 bits per heavy atom. The Bertz CT molecular complexity index is 577. The highest BCUT2D eigenvalue weighted by atomic mass is 19.1. The fraction of sp³-hybridized carbons (Fsp3) is 0.467. The lowest BCUT2D eigenvalue weighted by Gasteiger charge is -2.29. The van der Waals surface area contributed by atoms with Gasteiger partial charge in [-0.3, -0.25) is 0 Å². The molecule has 2 unspecified atom stereocenters. The van der Waals surface area contributed by atoms with E-state index in [1.807, 2.05) is 6.07 Å². The van der Waals surface area contributed by atoms with Crippen molar-refractivity contribution >= 4 is 10.9 Å². The highest BCUT2D eigenvalue weighted by molar-refractivity contribution is 5.83. The molecular formula is C15H17FN2. The summed E-state index contributed by atoms with van der Waals surface area (Å²) in [5.41, 5.74) is 2.30. The summed E-state index contributed by atoms with van der Waals surface area (Å²) in [6.45, 7) is 0. The number of piperidine rings is 1. The molecule has 2 N–H and O–H groups in total. The van der Waals surface area contributed by atoms with E-state index in [2.05, 4.69) is 16.5 Å². The normalized spacial score (nSPS) is 31.1. The van der Waals surface area contributed by atoms with Crippen LogP contribution in [0.1, 0.15) is 37.2 Å². The SMILES string of the molecule is Fc1ccc2c(C3CC4CCC(C3)N4)c[nH]c2c1. The van der Waals surface area contributed by atoms with E-state index >= 15 is 0 Å². The van der Waals surface area contributed by atoms with Crippen LogP contribution < -0.4 is 5.32 Å². The summed E-state index contributed by atoms with van der Waals surface area (Å²) in [6.07, 6.45) is 7.16. The van der Waals surface area contributed by atoms with E-state index in [1.54, 1.807) is 12.1 Å². The molecule has 3 heterocycles. The first-order valence-electron chi connectivity index (χ1n) is 6.82. The highest BCUT2D eigenvalue weighted by Gasteiger charge is 2.34. The van der Waals surface area contributed by atoms with Crippen molar-refractivity contribution in [2.24, 2.45) is 0 Å². The minimum atomic E-state index is -0.165. The van der Waals surface area contributed by atoms with Crippen LogP contribution in [-0.2, 0) is 0 Å². The van der Waals surface area contributed by atoms with Crippen LogP contribution in [0.5, 0.6) is 0 Å². The van der Waals surface area contributed by atoms with Crippen LogP contribution in [-0.4, -0.2) is 17.1 Å². The van der Waals surface area contributed by atoms with Gasteiger partial charge in [-0.15, -0.1) is 0 Å². The average Bonchev–Trinajstić information content (AvgIpc) is 2.92. The molecule has 1 aromatic heterocycles. The molecule has 94 valence electrons. The summed E-state index contributed by atoms with van der Waals surface area (Å²) in [5.74, 6) is 0.462. The number of rotatable bonds is 1. The molecule has 4 rings (SSSR count). The molecule has 2 aliphatic heterocycles. The Kier molecular flexibility index (Phi) is 2.24. The van der Waals surface area contributed by atoms with Gasteiger partial charge < -0.3 is 10.3 Å². The number of hydrogen-bond acceptors (Lipinski definition) is 1. The number of fused-ring (bicyclic) bond motifs is 3. The molecule has 2 fully saturated rings. The third-order valence-corrected chi connectivity index (χ3v) is 4.59. The largest absolute Gasteiger partial charge is 0.361 e. The molecule has 0 radical (unpaired) electrons. The zero-order valence-electron chi connectivity index (χ0n) is 10.2. The number of benzene rings is 1. The van der Waals surface area contributed by atoms with Crippen LogP contribution in [0, 0.1) is 5.82 Å². The van der Waals surface area contributed by atoms with Gasteiger partial charge >= 0.3 is 0 Å². The first-order valence-corrected chi connectivity index (χ1v) is 6.82. The van der Waals surface area contributed by atoms with E-state index in [0.29, 0.717) is 18.0 Å². The lowest BCUT2D eigenvalue weighted by molar-refractivity contribution is 0.364. The second-order valence-electron chi connectivity index (χ2n) is 5.74. The molecule has 2 atom stereocenters. The van der Waals surface area contributed by atoms with Gasteiger partial charge in [-0.1, -0.05) is 0 Å². The Hall–Kier alpha value is -1.35. The average molecular weight is 244 g/mol.